The van der Waals surface area contributed by atoms with Crippen molar-refractivity contribution in [1.82, 2.24) is 4.90 Å². The highest BCUT2D eigenvalue weighted by atomic mass is 32.1. The van der Waals surface area contributed by atoms with E-state index in [1.54, 1.807) is 30.0 Å². The van der Waals surface area contributed by atoms with Gasteiger partial charge in [0.2, 0.25) is 0 Å². The van der Waals surface area contributed by atoms with Crippen molar-refractivity contribution in [3.8, 4) is 0 Å². The van der Waals surface area contributed by atoms with E-state index >= 15 is 0 Å². The predicted molar refractivity (Wildman–Crippen MR) is 87.0 cm³/mol. The van der Waals surface area contributed by atoms with Gasteiger partial charge < -0.3 is 9.64 Å². The lowest BCUT2D eigenvalue weighted by molar-refractivity contribution is -0.149. The largest absolute Gasteiger partial charge is 0.466 e. The van der Waals surface area contributed by atoms with Crippen LogP contribution in [0, 0.1) is 11.7 Å². The monoisotopic (exact) mass is 335 g/mol. The van der Waals surface area contributed by atoms with Gasteiger partial charge in [0.25, 0.3) is 5.91 Å². The molecule has 1 amide bonds. The topological polar surface area (TPSA) is 46.6 Å². The summed E-state index contributed by atoms with van der Waals surface area (Å²) in [7, 11) is 0. The lowest BCUT2D eigenvalue weighted by Crippen LogP contribution is -2.42. The number of nitrogens with zero attached hydrogens (tertiary/aromatic N) is 1. The number of benzene rings is 1. The first kappa shape index (κ1) is 15.9. The molecule has 0 bridgehead atoms. The Morgan fingerprint density at radius 1 is 1.43 bits per heavy atom. The molecule has 23 heavy (non-hydrogen) atoms. The third kappa shape index (κ3) is 3.22. The normalized spacial score (nSPS) is 18.2. The van der Waals surface area contributed by atoms with E-state index in [4.69, 9.17) is 4.74 Å². The average molecular weight is 335 g/mol. The molecule has 6 heteroatoms. The van der Waals surface area contributed by atoms with Gasteiger partial charge in [-0.3, -0.25) is 9.59 Å². The van der Waals surface area contributed by atoms with Crippen molar-refractivity contribution in [3.63, 3.8) is 0 Å². The second-order valence-corrected chi connectivity index (χ2v) is 6.69. The molecule has 2 aromatic rings. The molecule has 1 aliphatic rings. The molecule has 0 unspecified atom stereocenters. The zero-order valence-corrected chi connectivity index (χ0v) is 13.7. The van der Waals surface area contributed by atoms with Gasteiger partial charge in [0.1, 0.15) is 5.82 Å². The summed E-state index contributed by atoms with van der Waals surface area (Å²) < 4.78 is 19.6. The van der Waals surface area contributed by atoms with Crippen molar-refractivity contribution >= 4 is 33.3 Å². The number of piperidine rings is 1. The van der Waals surface area contributed by atoms with E-state index < -0.39 is 0 Å². The molecule has 0 saturated carbocycles. The zero-order valence-electron chi connectivity index (χ0n) is 12.9. The van der Waals surface area contributed by atoms with E-state index in [2.05, 4.69) is 0 Å². The van der Waals surface area contributed by atoms with E-state index in [0.29, 0.717) is 30.0 Å². The van der Waals surface area contributed by atoms with Gasteiger partial charge in [-0.05, 0) is 38.0 Å². The Morgan fingerprint density at radius 3 is 3.00 bits per heavy atom. The van der Waals surface area contributed by atoms with Crippen LogP contribution in [0.5, 0.6) is 0 Å². The van der Waals surface area contributed by atoms with E-state index in [1.165, 1.54) is 17.4 Å². The molecule has 1 aromatic carbocycles. The second kappa shape index (κ2) is 6.66. The number of rotatable bonds is 3. The van der Waals surface area contributed by atoms with Crippen LogP contribution >= 0.6 is 11.3 Å². The number of amides is 1. The number of thiophene rings is 1. The first-order chi connectivity index (χ1) is 11.1. The summed E-state index contributed by atoms with van der Waals surface area (Å²) in [6.45, 7) is 3.11. The maximum absolute atomic E-state index is 13.8. The average Bonchev–Trinajstić information content (AvgIpc) is 3.00. The second-order valence-electron chi connectivity index (χ2n) is 5.60. The summed E-state index contributed by atoms with van der Waals surface area (Å²) in [5.74, 6) is -0.966. The third-order valence-electron chi connectivity index (χ3n) is 4.05. The molecule has 1 saturated heterocycles. The van der Waals surface area contributed by atoms with Crippen molar-refractivity contribution in [1.29, 1.82) is 0 Å². The van der Waals surface area contributed by atoms with Crippen LogP contribution in [0.1, 0.15) is 29.4 Å². The van der Waals surface area contributed by atoms with Crippen molar-refractivity contribution < 1.29 is 18.7 Å². The highest BCUT2D eigenvalue weighted by Crippen LogP contribution is 2.29. The molecular formula is C17H18FNO3S. The highest BCUT2D eigenvalue weighted by Gasteiger charge is 2.30. The van der Waals surface area contributed by atoms with E-state index in [-0.39, 0.29) is 23.6 Å². The number of hydrogen-bond donors (Lipinski definition) is 0. The quantitative estimate of drug-likeness (QED) is 0.807. The molecular weight excluding hydrogens is 317 g/mol. The minimum Gasteiger partial charge on any atom is -0.466 e. The summed E-state index contributed by atoms with van der Waals surface area (Å²) in [5.41, 5.74) is 0. The molecule has 4 nitrogen and oxygen atoms in total. The molecule has 1 fully saturated rings. The molecule has 1 atom stereocenters. The SMILES string of the molecule is CCOC(=O)[C@H]1CCCN(C(=O)c2cc3c(F)cccc3s2)C1. The maximum Gasteiger partial charge on any atom is 0.310 e. The van der Waals surface area contributed by atoms with Crippen LogP contribution in [0.4, 0.5) is 4.39 Å². The van der Waals surface area contributed by atoms with Crippen LogP contribution in [-0.4, -0.2) is 36.5 Å². The van der Waals surface area contributed by atoms with Gasteiger partial charge >= 0.3 is 5.97 Å². The van der Waals surface area contributed by atoms with Crippen LogP contribution in [-0.2, 0) is 9.53 Å². The predicted octanol–water partition coefficient (Wildman–Crippen LogP) is 3.46. The third-order valence-corrected chi connectivity index (χ3v) is 5.14. The molecule has 122 valence electrons. The Bertz CT molecular complexity index is 743. The summed E-state index contributed by atoms with van der Waals surface area (Å²) in [5, 5.41) is 0.472. The Labute approximate surface area is 137 Å². The Morgan fingerprint density at radius 2 is 2.26 bits per heavy atom. The van der Waals surface area contributed by atoms with Gasteiger partial charge in [-0.2, -0.15) is 0 Å². The Hall–Kier alpha value is -1.95. The van der Waals surface area contributed by atoms with Crippen LogP contribution in [0.25, 0.3) is 10.1 Å². The Kier molecular flexibility index (Phi) is 4.61. The Balaban J connectivity index is 1.78. The molecule has 0 radical (unpaired) electrons. The number of esters is 1. The van der Waals surface area contributed by atoms with Crippen LogP contribution < -0.4 is 0 Å². The number of carbonyl (C=O) groups excluding carboxylic acids is 2. The number of ether oxygens (including phenoxy) is 1. The van der Waals surface area contributed by atoms with E-state index in [9.17, 15) is 14.0 Å². The van der Waals surface area contributed by atoms with E-state index in [1.807, 2.05) is 0 Å². The molecule has 0 aliphatic carbocycles. The standard InChI is InChI=1S/C17H18FNO3S/c1-2-22-17(21)11-5-4-8-19(10-11)16(20)15-9-12-13(18)6-3-7-14(12)23-15/h3,6-7,9,11H,2,4-5,8,10H2,1H3/t11-/m0/s1. The van der Waals surface area contributed by atoms with Crippen molar-refractivity contribution in [3.05, 3.63) is 35.0 Å². The van der Waals surface area contributed by atoms with E-state index in [0.717, 1.165) is 17.5 Å². The van der Waals surface area contributed by atoms with Crippen molar-refractivity contribution in [2.75, 3.05) is 19.7 Å². The van der Waals surface area contributed by atoms with Gasteiger partial charge in [-0.15, -0.1) is 11.3 Å². The number of hydrogen-bond acceptors (Lipinski definition) is 4. The molecule has 1 aliphatic heterocycles. The minimum absolute atomic E-state index is 0.139. The summed E-state index contributed by atoms with van der Waals surface area (Å²) in [6.07, 6.45) is 1.51. The molecule has 0 spiro atoms. The fourth-order valence-electron chi connectivity index (χ4n) is 2.90. The number of fused-ring (bicyclic) bond motifs is 1. The number of likely N-dealkylation sites (tertiary alicyclic amines) is 1. The number of halogens is 1. The smallest absolute Gasteiger partial charge is 0.310 e. The van der Waals surface area contributed by atoms with Crippen molar-refractivity contribution in [2.45, 2.75) is 19.8 Å². The van der Waals surface area contributed by atoms with Crippen LogP contribution in [0.15, 0.2) is 24.3 Å². The number of carbonyl (C=O) groups is 2. The first-order valence-corrected chi connectivity index (χ1v) is 8.55. The minimum atomic E-state index is -0.319. The van der Waals surface area contributed by atoms with Crippen LogP contribution in [0.2, 0.25) is 0 Å². The van der Waals surface area contributed by atoms with Crippen molar-refractivity contribution in [2.24, 2.45) is 5.92 Å². The van der Waals surface area contributed by atoms with Gasteiger partial charge in [0.15, 0.2) is 0 Å². The maximum atomic E-state index is 13.8. The zero-order chi connectivity index (χ0) is 16.4. The summed E-state index contributed by atoms with van der Waals surface area (Å²) in [6, 6.07) is 6.43. The molecule has 3 rings (SSSR count). The molecule has 2 heterocycles. The fraction of sp³-hybridized carbons (Fsp3) is 0.412. The van der Waals surface area contributed by atoms with Gasteiger partial charge in [0.05, 0.1) is 17.4 Å². The van der Waals surface area contributed by atoms with Gasteiger partial charge in [0, 0.05) is 23.2 Å². The summed E-state index contributed by atoms with van der Waals surface area (Å²) in [4.78, 5) is 26.7. The fourth-order valence-corrected chi connectivity index (χ4v) is 3.94. The summed E-state index contributed by atoms with van der Waals surface area (Å²) >= 11 is 1.29. The lowest BCUT2D eigenvalue weighted by Gasteiger charge is -2.31. The van der Waals surface area contributed by atoms with Crippen LogP contribution in [0.3, 0.4) is 0 Å². The van der Waals surface area contributed by atoms with Gasteiger partial charge in [-0.1, -0.05) is 6.07 Å². The lowest BCUT2D eigenvalue weighted by atomic mass is 9.98. The van der Waals surface area contributed by atoms with Gasteiger partial charge in [-0.25, -0.2) is 4.39 Å². The molecule has 0 N–H and O–H groups in total. The highest BCUT2D eigenvalue weighted by molar-refractivity contribution is 7.20. The molecule has 1 aromatic heterocycles. The first-order valence-electron chi connectivity index (χ1n) is 7.74.